The van der Waals surface area contributed by atoms with Crippen LogP contribution in [-0.4, -0.2) is 55.2 Å². The van der Waals surface area contributed by atoms with Crippen molar-refractivity contribution in [1.82, 2.24) is 9.80 Å². The number of para-hydroxylation sites is 1. The van der Waals surface area contributed by atoms with E-state index in [2.05, 4.69) is 10.2 Å². The Morgan fingerprint density at radius 2 is 1.71 bits per heavy atom. The highest BCUT2D eigenvalue weighted by molar-refractivity contribution is 6.43. The van der Waals surface area contributed by atoms with E-state index < -0.39 is 0 Å². The molecule has 184 valence electrons. The Kier molecular flexibility index (Phi) is 9.26. The Bertz CT molecular complexity index is 1110. The lowest BCUT2D eigenvalue weighted by atomic mass is 10.2. The van der Waals surface area contributed by atoms with Crippen LogP contribution in [0.15, 0.2) is 72.8 Å². The second kappa shape index (κ2) is 12.8. The lowest BCUT2D eigenvalue weighted by Gasteiger charge is -2.28. The van der Waals surface area contributed by atoms with Gasteiger partial charge in [0.25, 0.3) is 0 Å². The van der Waals surface area contributed by atoms with Gasteiger partial charge in [-0.15, -0.1) is 0 Å². The second-order valence-electron chi connectivity index (χ2n) is 8.32. The summed E-state index contributed by atoms with van der Waals surface area (Å²) in [6.45, 7) is 5.27. The molecule has 0 bridgehead atoms. The zero-order valence-electron chi connectivity index (χ0n) is 19.5. The summed E-state index contributed by atoms with van der Waals surface area (Å²) in [5, 5.41) is 3.65. The quantitative estimate of drug-likeness (QED) is 0.352. The lowest BCUT2D eigenvalue weighted by molar-refractivity contribution is 0.0365. The molecule has 0 saturated carbocycles. The highest BCUT2D eigenvalue weighted by atomic mass is 35.5. The summed E-state index contributed by atoms with van der Waals surface area (Å²) in [4.78, 5) is 17.4. The number of amides is 2. The van der Waals surface area contributed by atoms with Gasteiger partial charge in [0.15, 0.2) is 0 Å². The molecule has 1 saturated heterocycles. The Morgan fingerprint density at radius 1 is 0.971 bits per heavy atom. The molecule has 0 aliphatic carbocycles. The molecule has 6 nitrogen and oxygen atoms in total. The van der Waals surface area contributed by atoms with E-state index in [1.165, 1.54) is 0 Å². The summed E-state index contributed by atoms with van der Waals surface area (Å²) in [5.74, 6) is 1.49. The summed E-state index contributed by atoms with van der Waals surface area (Å²) in [6, 6.07) is 22.4. The van der Waals surface area contributed by atoms with Crippen LogP contribution in [0.2, 0.25) is 10.0 Å². The van der Waals surface area contributed by atoms with Crippen LogP contribution in [0.25, 0.3) is 0 Å². The van der Waals surface area contributed by atoms with Crippen LogP contribution in [0, 0.1) is 0 Å². The molecule has 4 rings (SSSR count). The molecular formula is C27H29Cl2N3O3. The van der Waals surface area contributed by atoms with Crippen LogP contribution < -0.4 is 10.1 Å². The maximum atomic E-state index is 13.3. The number of carbonyl (C=O) groups excluding carboxylic acids is 1. The molecule has 3 aromatic rings. The fourth-order valence-corrected chi connectivity index (χ4v) is 4.26. The average Bonchev–Trinajstić information content (AvgIpc) is 2.88. The third kappa shape index (κ3) is 7.61. The molecule has 0 atom stereocenters. The molecule has 3 aromatic carbocycles. The van der Waals surface area contributed by atoms with Crippen molar-refractivity contribution in [3.05, 3.63) is 88.4 Å². The molecular weight excluding hydrogens is 485 g/mol. The molecule has 35 heavy (non-hydrogen) atoms. The van der Waals surface area contributed by atoms with Crippen LogP contribution in [0.1, 0.15) is 12.0 Å². The molecule has 8 heteroatoms. The predicted molar refractivity (Wildman–Crippen MR) is 141 cm³/mol. The number of rotatable bonds is 9. The first-order valence-corrected chi connectivity index (χ1v) is 12.5. The first-order valence-electron chi connectivity index (χ1n) is 11.7. The molecule has 0 spiro atoms. The Morgan fingerprint density at radius 3 is 2.51 bits per heavy atom. The summed E-state index contributed by atoms with van der Waals surface area (Å²) in [5.41, 5.74) is 1.46. The van der Waals surface area contributed by atoms with Gasteiger partial charge < -0.3 is 19.7 Å². The number of morpholine rings is 1. The topological polar surface area (TPSA) is 54.0 Å². The molecule has 0 aromatic heterocycles. The molecule has 1 aliphatic heterocycles. The summed E-state index contributed by atoms with van der Waals surface area (Å²) in [6.07, 6.45) is 0.844. The van der Waals surface area contributed by atoms with E-state index in [1.54, 1.807) is 23.1 Å². The molecule has 1 N–H and O–H groups in total. The normalized spacial score (nSPS) is 13.9. The number of benzene rings is 3. The van der Waals surface area contributed by atoms with Crippen molar-refractivity contribution in [3.8, 4) is 11.5 Å². The first-order chi connectivity index (χ1) is 17.1. The smallest absolute Gasteiger partial charge is 0.322 e. The fourth-order valence-electron chi connectivity index (χ4n) is 3.91. The van der Waals surface area contributed by atoms with Crippen molar-refractivity contribution in [3.63, 3.8) is 0 Å². The third-order valence-electron chi connectivity index (χ3n) is 5.74. The van der Waals surface area contributed by atoms with Gasteiger partial charge in [0, 0.05) is 32.7 Å². The Balaban J connectivity index is 1.45. The molecule has 2 amide bonds. The third-order valence-corrected chi connectivity index (χ3v) is 6.56. The van der Waals surface area contributed by atoms with E-state index in [-0.39, 0.29) is 6.03 Å². The van der Waals surface area contributed by atoms with E-state index in [9.17, 15) is 4.79 Å². The fraction of sp³-hybridized carbons (Fsp3) is 0.296. The lowest BCUT2D eigenvalue weighted by Crippen LogP contribution is -2.40. The number of ether oxygens (including phenoxy) is 2. The number of nitrogens with one attached hydrogen (secondary N) is 1. The Labute approximate surface area is 216 Å². The van der Waals surface area contributed by atoms with Crippen molar-refractivity contribution >= 4 is 34.9 Å². The van der Waals surface area contributed by atoms with Gasteiger partial charge in [0.2, 0.25) is 0 Å². The van der Waals surface area contributed by atoms with Gasteiger partial charge in [0.1, 0.15) is 11.5 Å². The molecule has 0 radical (unpaired) electrons. The van der Waals surface area contributed by atoms with Crippen LogP contribution >= 0.6 is 23.2 Å². The first kappa shape index (κ1) is 25.3. The highest BCUT2D eigenvalue weighted by Gasteiger charge is 2.18. The maximum absolute atomic E-state index is 13.3. The van der Waals surface area contributed by atoms with Gasteiger partial charge in [-0.25, -0.2) is 4.79 Å². The van der Waals surface area contributed by atoms with E-state index in [0.29, 0.717) is 28.8 Å². The SMILES string of the molecule is O=C(Nc1cccc(Cl)c1Cl)N(CCCN1CCOCC1)Cc1cccc(Oc2ccccc2)c1. The summed E-state index contributed by atoms with van der Waals surface area (Å²) < 4.78 is 11.4. The minimum atomic E-state index is -0.231. The zero-order valence-corrected chi connectivity index (χ0v) is 21.0. The van der Waals surface area contributed by atoms with Crippen molar-refractivity contribution in [1.29, 1.82) is 0 Å². The number of hydrogen-bond acceptors (Lipinski definition) is 4. The van der Waals surface area contributed by atoms with Gasteiger partial charge in [0.05, 0.1) is 28.9 Å². The molecule has 1 aliphatic rings. The van der Waals surface area contributed by atoms with Crippen LogP contribution in [-0.2, 0) is 11.3 Å². The van der Waals surface area contributed by atoms with E-state index in [1.807, 2.05) is 54.6 Å². The standard InChI is InChI=1S/C27H29Cl2N3O3/c28-24-11-5-12-25(26(24)29)30-27(33)32(14-6-13-31-15-17-34-18-16-31)20-21-7-4-10-23(19-21)35-22-8-2-1-3-9-22/h1-5,7-12,19H,6,13-18,20H2,(H,30,33). The number of anilines is 1. The zero-order chi connectivity index (χ0) is 24.5. The van der Waals surface area contributed by atoms with Crippen molar-refractivity contribution in [2.75, 3.05) is 44.7 Å². The Hall–Kier alpha value is -2.77. The number of carbonyl (C=O) groups is 1. The van der Waals surface area contributed by atoms with Crippen molar-refractivity contribution in [2.24, 2.45) is 0 Å². The number of hydrogen-bond donors (Lipinski definition) is 1. The summed E-state index contributed by atoms with van der Waals surface area (Å²) >= 11 is 12.4. The minimum Gasteiger partial charge on any atom is -0.457 e. The average molecular weight is 514 g/mol. The van der Waals surface area contributed by atoms with Crippen LogP contribution in [0.3, 0.4) is 0 Å². The number of nitrogens with zero attached hydrogens (tertiary/aromatic N) is 2. The van der Waals surface area contributed by atoms with E-state index >= 15 is 0 Å². The molecule has 0 unspecified atom stereocenters. The molecule has 1 fully saturated rings. The second-order valence-corrected chi connectivity index (χ2v) is 9.11. The van der Waals surface area contributed by atoms with Gasteiger partial charge in [-0.2, -0.15) is 0 Å². The highest BCUT2D eigenvalue weighted by Crippen LogP contribution is 2.30. The van der Waals surface area contributed by atoms with Crippen LogP contribution in [0.5, 0.6) is 11.5 Å². The monoisotopic (exact) mass is 513 g/mol. The molecule has 1 heterocycles. The minimum absolute atomic E-state index is 0.231. The van der Waals surface area contributed by atoms with Gasteiger partial charge in [-0.05, 0) is 48.4 Å². The van der Waals surface area contributed by atoms with Crippen molar-refractivity contribution in [2.45, 2.75) is 13.0 Å². The van der Waals surface area contributed by atoms with Crippen molar-refractivity contribution < 1.29 is 14.3 Å². The van der Waals surface area contributed by atoms with E-state index in [0.717, 1.165) is 56.3 Å². The predicted octanol–water partition coefficient (Wildman–Crippen LogP) is 6.54. The maximum Gasteiger partial charge on any atom is 0.322 e. The van der Waals surface area contributed by atoms with Gasteiger partial charge in [-0.1, -0.05) is 59.6 Å². The van der Waals surface area contributed by atoms with Crippen LogP contribution in [0.4, 0.5) is 10.5 Å². The van der Waals surface area contributed by atoms with E-state index in [4.69, 9.17) is 32.7 Å². The summed E-state index contributed by atoms with van der Waals surface area (Å²) in [7, 11) is 0. The number of halogens is 2. The van der Waals surface area contributed by atoms with Gasteiger partial charge in [-0.3, -0.25) is 4.90 Å². The number of urea groups is 1. The largest absolute Gasteiger partial charge is 0.457 e. The van der Waals surface area contributed by atoms with Gasteiger partial charge >= 0.3 is 6.03 Å².